The summed E-state index contributed by atoms with van der Waals surface area (Å²) in [7, 11) is 0. The van der Waals surface area contributed by atoms with Gasteiger partial charge in [0.2, 0.25) is 0 Å². The maximum atomic E-state index is 2.28. The second kappa shape index (κ2) is 14.5. The van der Waals surface area contributed by atoms with Crippen LogP contribution in [0, 0.1) is 0 Å². The van der Waals surface area contributed by atoms with Crippen molar-refractivity contribution < 1.29 is 0 Å². The molecule has 1 heterocycles. The van der Waals surface area contributed by atoms with Gasteiger partial charge in [-0.25, -0.2) is 0 Å². The van der Waals surface area contributed by atoms with Gasteiger partial charge in [-0.3, -0.25) is 0 Å². The highest BCUT2D eigenvalue weighted by molar-refractivity contribution is 7.13. The maximum absolute atomic E-state index is 2.28. The van der Waals surface area contributed by atoms with Crippen LogP contribution in [0.5, 0.6) is 0 Å². The summed E-state index contributed by atoms with van der Waals surface area (Å²) in [6, 6.07) is 63.8. The lowest BCUT2D eigenvalue weighted by Gasteiger charge is -2.25. The van der Waals surface area contributed by atoms with E-state index in [1.54, 1.807) is 11.3 Å². The molecule has 0 N–H and O–H groups in total. The SMILES string of the molecule is C(=Cc1ccc(C=Cc2ccc(N(c3ccccc3)c3ccccc3)cc2)s1)c1ccc(N(c2ccccc2)c2ccccc2)cc1. The molecule has 0 amide bonds. The lowest BCUT2D eigenvalue weighted by atomic mass is 10.1. The van der Waals surface area contributed by atoms with E-state index < -0.39 is 0 Å². The quantitative estimate of drug-likeness (QED) is 0.150. The van der Waals surface area contributed by atoms with E-state index in [0.717, 1.165) is 34.1 Å². The standard InChI is InChI=1S/C44H34N2S/c1-5-13-37(14-6-1)45(38-15-7-2-8-16-38)41-27-21-35(22-28-41)25-31-43-33-34-44(47-43)32-26-36-23-29-42(30-24-36)46(39-17-9-3-10-18-39)40-19-11-4-12-20-40/h1-34H. The number of hydrogen-bond donors (Lipinski definition) is 0. The predicted molar refractivity (Wildman–Crippen MR) is 204 cm³/mol. The van der Waals surface area contributed by atoms with Gasteiger partial charge in [-0.15, -0.1) is 11.3 Å². The number of rotatable bonds is 10. The number of hydrogen-bond acceptors (Lipinski definition) is 3. The van der Waals surface area contributed by atoms with E-state index in [1.165, 1.54) is 20.9 Å². The molecule has 0 radical (unpaired) electrons. The third kappa shape index (κ3) is 7.33. The van der Waals surface area contributed by atoms with Crippen molar-refractivity contribution in [3.63, 3.8) is 0 Å². The van der Waals surface area contributed by atoms with Crippen LogP contribution in [0.2, 0.25) is 0 Å². The van der Waals surface area contributed by atoms with Crippen molar-refractivity contribution in [2.24, 2.45) is 0 Å². The molecule has 0 aliphatic carbocycles. The monoisotopic (exact) mass is 622 g/mol. The van der Waals surface area contributed by atoms with Crippen molar-refractivity contribution in [1.29, 1.82) is 0 Å². The molecular weight excluding hydrogens is 589 g/mol. The fourth-order valence-corrected chi connectivity index (χ4v) is 6.39. The highest BCUT2D eigenvalue weighted by Crippen LogP contribution is 2.35. The second-order valence-electron chi connectivity index (χ2n) is 11.1. The Morgan fingerprint density at radius 2 is 0.553 bits per heavy atom. The van der Waals surface area contributed by atoms with Gasteiger partial charge in [0, 0.05) is 43.9 Å². The summed E-state index contributed by atoms with van der Waals surface area (Å²) in [5.41, 5.74) is 9.14. The van der Waals surface area contributed by atoms with Gasteiger partial charge in [0.25, 0.3) is 0 Å². The van der Waals surface area contributed by atoms with Crippen molar-refractivity contribution in [3.8, 4) is 0 Å². The first kappa shape index (κ1) is 29.8. The van der Waals surface area contributed by atoms with Crippen LogP contribution in [0.3, 0.4) is 0 Å². The summed E-state index contributed by atoms with van der Waals surface area (Å²) in [6.07, 6.45) is 8.75. The van der Waals surface area contributed by atoms with Gasteiger partial charge >= 0.3 is 0 Å². The van der Waals surface area contributed by atoms with Gasteiger partial charge in [-0.2, -0.15) is 0 Å². The number of benzene rings is 6. The molecule has 0 aliphatic heterocycles. The summed E-state index contributed by atoms with van der Waals surface area (Å²) in [5.74, 6) is 0. The maximum Gasteiger partial charge on any atom is 0.0462 e. The Morgan fingerprint density at radius 1 is 0.277 bits per heavy atom. The molecule has 0 atom stereocenters. The van der Waals surface area contributed by atoms with Gasteiger partial charge in [0.05, 0.1) is 0 Å². The minimum atomic E-state index is 1.13. The first-order valence-corrected chi connectivity index (χ1v) is 16.6. The summed E-state index contributed by atoms with van der Waals surface area (Å²) >= 11 is 1.79. The van der Waals surface area contributed by atoms with Crippen molar-refractivity contribution in [2.75, 3.05) is 9.80 Å². The third-order valence-corrected chi connectivity index (χ3v) is 8.90. The molecule has 0 spiro atoms. The zero-order chi connectivity index (χ0) is 31.7. The molecule has 47 heavy (non-hydrogen) atoms. The highest BCUT2D eigenvalue weighted by Gasteiger charge is 2.12. The molecule has 226 valence electrons. The smallest absolute Gasteiger partial charge is 0.0462 e. The van der Waals surface area contributed by atoms with Crippen LogP contribution in [-0.2, 0) is 0 Å². The van der Waals surface area contributed by atoms with E-state index in [-0.39, 0.29) is 0 Å². The molecule has 0 bridgehead atoms. The number of thiophene rings is 1. The molecule has 0 unspecified atom stereocenters. The first-order chi connectivity index (χ1) is 23.3. The van der Waals surface area contributed by atoms with Gasteiger partial charge in [0.15, 0.2) is 0 Å². The zero-order valence-corrected chi connectivity index (χ0v) is 26.7. The van der Waals surface area contributed by atoms with Crippen molar-refractivity contribution >= 4 is 69.8 Å². The largest absolute Gasteiger partial charge is 0.311 e. The second-order valence-corrected chi connectivity index (χ2v) is 12.2. The van der Waals surface area contributed by atoms with Crippen LogP contribution < -0.4 is 9.80 Å². The van der Waals surface area contributed by atoms with E-state index in [2.05, 4.69) is 216 Å². The molecular formula is C44H34N2S. The average Bonchev–Trinajstić information content (AvgIpc) is 3.61. The minimum Gasteiger partial charge on any atom is -0.311 e. The van der Waals surface area contributed by atoms with Crippen LogP contribution in [0.25, 0.3) is 24.3 Å². The summed E-state index contributed by atoms with van der Waals surface area (Å²) in [6.45, 7) is 0. The van der Waals surface area contributed by atoms with Gasteiger partial charge in [0.1, 0.15) is 0 Å². The predicted octanol–water partition coefficient (Wildman–Crippen LogP) is 13.0. The Labute approximate surface area is 281 Å². The molecule has 1 aromatic heterocycles. The molecule has 3 heteroatoms. The molecule has 0 saturated heterocycles. The average molecular weight is 623 g/mol. The Bertz CT molecular complexity index is 1820. The van der Waals surface area contributed by atoms with E-state index in [4.69, 9.17) is 0 Å². The van der Waals surface area contributed by atoms with Crippen LogP contribution in [0.15, 0.2) is 182 Å². The number of para-hydroxylation sites is 4. The molecule has 6 aromatic carbocycles. The fraction of sp³-hybridized carbons (Fsp3) is 0. The van der Waals surface area contributed by atoms with Crippen molar-refractivity contribution in [1.82, 2.24) is 0 Å². The minimum absolute atomic E-state index is 1.13. The van der Waals surface area contributed by atoms with Crippen LogP contribution in [-0.4, -0.2) is 0 Å². The van der Waals surface area contributed by atoms with Crippen LogP contribution in [0.4, 0.5) is 34.1 Å². The van der Waals surface area contributed by atoms with Gasteiger partial charge in [-0.1, -0.05) is 109 Å². The molecule has 7 aromatic rings. The summed E-state index contributed by atoms with van der Waals surface area (Å²) in [4.78, 5) is 7.00. The highest BCUT2D eigenvalue weighted by atomic mass is 32.1. The summed E-state index contributed by atoms with van der Waals surface area (Å²) < 4.78 is 0. The van der Waals surface area contributed by atoms with E-state index in [9.17, 15) is 0 Å². The Balaban J connectivity index is 1.03. The molecule has 2 nitrogen and oxygen atoms in total. The van der Waals surface area contributed by atoms with Crippen molar-refractivity contribution in [2.45, 2.75) is 0 Å². The number of nitrogens with zero attached hydrogens (tertiary/aromatic N) is 2. The Morgan fingerprint density at radius 3 is 0.851 bits per heavy atom. The molecule has 0 fully saturated rings. The number of anilines is 6. The first-order valence-electron chi connectivity index (χ1n) is 15.8. The van der Waals surface area contributed by atoms with E-state index >= 15 is 0 Å². The zero-order valence-electron chi connectivity index (χ0n) is 25.9. The topological polar surface area (TPSA) is 6.48 Å². The molecule has 7 rings (SSSR count). The van der Waals surface area contributed by atoms with E-state index in [1.807, 2.05) is 0 Å². The Hall–Kier alpha value is -5.90. The lowest BCUT2D eigenvalue weighted by Crippen LogP contribution is -2.09. The molecule has 0 aliphatic rings. The normalized spacial score (nSPS) is 11.2. The summed E-state index contributed by atoms with van der Waals surface area (Å²) in [5, 5.41) is 0. The fourth-order valence-electron chi connectivity index (χ4n) is 5.58. The molecule has 0 saturated carbocycles. The van der Waals surface area contributed by atoms with Gasteiger partial charge < -0.3 is 9.80 Å². The lowest BCUT2D eigenvalue weighted by molar-refractivity contribution is 1.28. The van der Waals surface area contributed by atoms with E-state index in [0.29, 0.717) is 0 Å². The third-order valence-electron chi connectivity index (χ3n) is 7.89. The Kier molecular flexibility index (Phi) is 9.17. The van der Waals surface area contributed by atoms with Crippen LogP contribution >= 0.6 is 11.3 Å². The van der Waals surface area contributed by atoms with Crippen LogP contribution in [0.1, 0.15) is 20.9 Å². The van der Waals surface area contributed by atoms with Crippen molar-refractivity contribution in [3.05, 3.63) is 203 Å². The van der Waals surface area contributed by atoms with Gasteiger partial charge in [-0.05, 0) is 108 Å².